The van der Waals surface area contributed by atoms with Crippen LogP contribution in [0.15, 0.2) is 73.1 Å². The van der Waals surface area contributed by atoms with E-state index in [-0.39, 0.29) is 29.4 Å². The first-order valence-corrected chi connectivity index (χ1v) is 13.0. The van der Waals surface area contributed by atoms with Crippen LogP contribution in [0.5, 0.6) is 0 Å². The average Bonchev–Trinajstić information content (AvgIpc) is 3.39. The van der Waals surface area contributed by atoms with Crippen LogP contribution in [0.1, 0.15) is 16.7 Å². The molecule has 0 aliphatic rings. The van der Waals surface area contributed by atoms with Crippen LogP contribution in [0.25, 0.3) is 11.0 Å². The third-order valence-electron chi connectivity index (χ3n) is 6.24. The third kappa shape index (κ3) is 7.53. The van der Waals surface area contributed by atoms with Gasteiger partial charge in [0, 0.05) is 43.7 Å². The Morgan fingerprint density at radius 3 is 2.42 bits per heavy atom. The Morgan fingerprint density at radius 2 is 1.73 bits per heavy atom. The van der Waals surface area contributed by atoms with Gasteiger partial charge in [-0.05, 0) is 41.0 Å². The van der Waals surface area contributed by atoms with Crippen LogP contribution >= 0.6 is 23.2 Å². The molecule has 4 rings (SSSR count). The number of aliphatic hydroxyl groups excluding tert-OH is 1. The number of carbonyl (C=O) groups is 2. The smallest absolute Gasteiger partial charge is 0.391 e. The monoisotopic (exact) mass is 592 g/mol. The maximum Gasteiger partial charge on any atom is 0.471 e. The molecule has 0 radical (unpaired) electrons. The van der Waals surface area contributed by atoms with Crippen LogP contribution in [0.2, 0.25) is 10.0 Å². The number of alkyl halides is 3. The lowest BCUT2D eigenvalue weighted by atomic mass is 10.0. The number of benzene rings is 2. The molecule has 210 valence electrons. The second-order valence-corrected chi connectivity index (χ2v) is 10.1. The molecule has 40 heavy (non-hydrogen) atoms. The largest absolute Gasteiger partial charge is 0.471 e. The molecule has 0 saturated carbocycles. The van der Waals surface area contributed by atoms with Gasteiger partial charge in [0.2, 0.25) is 5.91 Å². The quantitative estimate of drug-likeness (QED) is 0.239. The number of H-pyrrole nitrogens is 1. The van der Waals surface area contributed by atoms with E-state index in [0.29, 0.717) is 27.2 Å². The van der Waals surface area contributed by atoms with Gasteiger partial charge in [0.1, 0.15) is 11.7 Å². The molecule has 2 heterocycles. The van der Waals surface area contributed by atoms with E-state index in [1.54, 1.807) is 48.7 Å². The molecule has 4 aromatic rings. The van der Waals surface area contributed by atoms with E-state index >= 15 is 0 Å². The van der Waals surface area contributed by atoms with Crippen molar-refractivity contribution in [3.8, 4) is 0 Å². The Hall–Kier alpha value is -3.60. The molecule has 0 aliphatic carbocycles. The van der Waals surface area contributed by atoms with Crippen molar-refractivity contribution in [1.29, 1.82) is 0 Å². The number of rotatable bonds is 10. The highest BCUT2D eigenvalue weighted by molar-refractivity contribution is 6.42. The van der Waals surface area contributed by atoms with E-state index < -0.39 is 36.7 Å². The van der Waals surface area contributed by atoms with Gasteiger partial charge in [0.25, 0.3) is 0 Å². The van der Waals surface area contributed by atoms with Gasteiger partial charge >= 0.3 is 12.1 Å². The van der Waals surface area contributed by atoms with Crippen LogP contribution in [-0.4, -0.2) is 56.7 Å². The number of halogens is 5. The Morgan fingerprint density at radius 1 is 0.975 bits per heavy atom. The number of aromatic nitrogens is 2. The predicted molar refractivity (Wildman–Crippen MR) is 146 cm³/mol. The second kappa shape index (κ2) is 12.7. The summed E-state index contributed by atoms with van der Waals surface area (Å²) in [5.41, 5.74) is 2.28. The number of aliphatic hydroxyl groups is 1. The molecule has 2 aromatic heterocycles. The highest BCUT2D eigenvalue weighted by Gasteiger charge is 2.46. The first kappa shape index (κ1) is 29.4. The zero-order valence-corrected chi connectivity index (χ0v) is 22.5. The molecular weight excluding hydrogens is 568 g/mol. The number of amides is 2. The molecule has 2 atom stereocenters. The molecule has 3 N–H and O–H groups in total. The molecule has 7 nitrogen and oxygen atoms in total. The Balaban J connectivity index is 1.62. The van der Waals surface area contributed by atoms with Gasteiger partial charge in [-0.2, -0.15) is 13.2 Å². The zero-order valence-electron chi connectivity index (χ0n) is 21.0. The summed E-state index contributed by atoms with van der Waals surface area (Å²) in [5.74, 6) is -3.08. The molecule has 0 aliphatic heterocycles. The van der Waals surface area contributed by atoms with E-state index in [1.807, 2.05) is 0 Å². The van der Waals surface area contributed by atoms with Crippen LogP contribution < -0.4 is 5.32 Å². The van der Waals surface area contributed by atoms with E-state index in [9.17, 15) is 27.9 Å². The topological polar surface area (TPSA) is 98.3 Å². The van der Waals surface area contributed by atoms with Crippen molar-refractivity contribution in [3.05, 3.63) is 99.8 Å². The first-order chi connectivity index (χ1) is 19.0. The minimum Gasteiger partial charge on any atom is -0.391 e. The Kier molecular flexibility index (Phi) is 9.34. The third-order valence-corrected chi connectivity index (χ3v) is 6.98. The van der Waals surface area contributed by atoms with Crippen molar-refractivity contribution < 1.29 is 27.9 Å². The maximum atomic E-state index is 13.8. The van der Waals surface area contributed by atoms with Gasteiger partial charge < -0.3 is 20.3 Å². The van der Waals surface area contributed by atoms with Crippen molar-refractivity contribution >= 4 is 46.0 Å². The Labute approximate surface area is 237 Å². The average molecular weight is 593 g/mol. The number of nitrogens with zero attached hydrogens (tertiary/aromatic N) is 2. The van der Waals surface area contributed by atoms with Crippen LogP contribution in [0.4, 0.5) is 13.2 Å². The molecule has 0 saturated heterocycles. The predicted octanol–water partition coefficient (Wildman–Crippen LogP) is 5.09. The number of carbonyl (C=O) groups excluding carboxylic acids is 2. The van der Waals surface area contributed by atoms with E-state index in [1.165, 1.54) is 24.4 Å². The minimum absolute atomic E-state index is 0.0219. The van der Waals surface area contributed by atoms with E-state index in [0.717, 1.165) is 5.39 Å². The second-order valence-electron chi connectivity index (χ2n) is 9.24. The Bertz CT molecular complexity index is 1480. The summed E-state index contributed by atoms with van der Waals surface area (Å²) >= 11 is 12.1. The highest BCUT2D eigenvalue weighted by Crippen LogP contribution is 2.26. The number of pyridine rings is 1. The molecule has 0 bridgehead atoms. The normalized spacial score (nSPS) is 13.2. The van der Waals surface area contributed by atoms with Gasteiger partial charge in [-0.25, -0.2) is 4.98 Å². The fourth-order valence-electron chi connectivity index (χ4n) is 4.32. The summed E-state index contributed by atoms with van der Waals surface area (Å²) in [7, 11) is 0. The zero-order chi connectivity index (χ0) is 28.9. The molecule has 0 fully saturated rings. The first-order valence-electron chi connectivity index (χ1n) is 12.2. The highest BCUT2D eigenvalue weighted by atomic mass is 35.5. The number of nitrogens with one attached hydrogen (secondary N) is 2. The van der Waals surface area contributed by atoms with Crippen molar-refractivity contribution in [1.82, 2.24) is 20.2 Å². The van der Waals surface area contributed by atoms with Crippen molar-refractivity contribution in [2.75, 3.05) is 6.54 Å². The van der Waals surface area contributed by atoms with Crippen molar-refractivity contribution in [3.63, 3.8) is 0 Å². The lowest BCUT2D eigenvalue weighted by molar-refractivity contribution is -0.189. The maximum absolute atomic E-state index is 13.8. The lowest BCUT2D eigenvalue weighted by Gasteiger charge is -2.33. The van der Waals surface area contributed by atoms with Gasteiger partial charge in [-0.15, -0.1) is 0 Å². The molecule has 2 amide bonds. The molecule has 2 aromatic carbocycles. The summed E-state index contributed by atoms with van der Waals surface area (Å²) in [6, 6.07) is 14.9. The fraction of sp³-hybridized carbons (Fsp3) is 0.250. The van der Waals surface area contributed by atoms with Gasteiger partial charge in [-0.3, -0.25) is 9.59 Å². The molecule has 0 unspecified atom stereocenters. The van der Waals surface area contributed by atoms with Crippen molar-refractivity contribution in [2.45, 2.75) is 37.7 Å². The minimum atomic E-state index is -5.29. The van der Waals surface area contributed by atoms with Gasteiger partial charge in [0.15, 0.2) is 0 Å². The number of hydrogen-bond donors (Lipinski definition) is 3. The molecule has 0 spiro atoms. The van der Waals surface area contributed by atoms with Crippen molar-refractivity contribution in [2.24, 2.45) is 0 Å². The van der Waals surface area contributed by atoms with E-state index in [4.69, 9.17) is 23.2 Å². The van der Waals surface area contributed by atoms with Gasteiger partial charge in [0.05, 0.1) is 16.1 Å². The summed E-state index contributed by atoms with van der Waals surface area (Å²) in [4.78, 5) is 33.7. The standard InChI is InChI=1S/C28H25Cl2F3N4O3/c29-22-7-6-18(12-23(22)30)13-24(26(39)36-15-19-10-20-8-9-34-25(20)35-14-19)37(27(40)28(31,32)33)16-21(38)11-17-4-2-1-3-5-17/h1-10,12,14,21,24,38H,11,13,15-16H2,(H,34,35)(H,36,39)/t21-,24+/m1/s1. The van der Waals surface area contributed by atoms with E-state index in [2.05, 4.69) is 15.3 Å². The summed E-state index contributed by atoms with van der Waals surface area (Å²) in [6.45, 7) is -0.783. The van der Waals surface area contributed by atoms with Gasteiger partial charge in [-0.1, -0.05) is 59.6 Å². The number of fused-ring (bicyclic) bond motifs is 1. The SMILES string of the molecule is O=C(NCc1cnc2[nH]ccc2c1)[C@H](Cc1ccc(Cl)c(Cl)c1)N(C[C@H](O)Cc1ccccc1)C(=O)C(F)(F)F. The van der Waals surface area contributed by atoms with Crippen LogP contribution in [0.3, 0.4) is 0 Å². The van der Waals surface area contributed by atoms with Crippen LogP contribution in [0, 0.1) is 0 Å². The summed E-state index contributed by atoms with van der Waals surface area (Å²) in [6.07, 6.45) is -3.77. The number of hydrogen-bond acceptors (Lipinski definition) is 4. The summed E-state index contributed by atoms with van der Waals surface area (Å²) < 4.78 is 41.3. The molecular formula is C28H25Cl2F3N4O3. The lowest BCUT2D eigenvalue weighted by Crippen LogP contribution is -2.56. The fourth-order valence-corrected chi connectivity index (χ4v) is 4.64. The molecule has 12 heteroatoms. The summed E-state index contributed by atoms with van der Waals surface area (Å²) in [5, 5.41) is 14.5. The number of aromatic amines is 1. The van der Waals surface area contributed by atoms with Crippen LogP contribution in [-0.2, 0) is 29.0 Å².